The molecule has 1 unspecified atom stereocenters. The average molecular weight is 152 g/mol. The fraction of sp³-hybridized carbons (Fsp3) is 0.800. The third-order valence-electron chi connectivity index (χ3n) is 2.64. The second-order valence-electron chi connectivity index (χ2n) is 4.30. The van der Waals surface area contributed by atoms with Gasteiger partial charge in [0.25, 0.3) is 0 Å². The highest BCUT2D eigenvalue weighted by atomic mass is 16.5. The van der Waals surface area contributed by atoms with Crippen molar-refractivity contribution >= 4 is 0 Å². The van der Waals surface area contributed by atoms with E-state index in [-0.39, 0.29) is 5.60 Å². The highest BCUT2D eigenvalue weighted by Crippen LogP contribution is 2.42. The van der Waals surface area contributed by atoms with E-state index in [0.717, 1.165) is 5.92 Å². The van der Waals surface area contributed by atoms with Crippen molar-refractivity contribution in [2.75, 3.05) is 0 Å². The Bertz CT molecular complexity index is 191. The number of fused-ring (bicyclic) bond motifs is 1. The van der Waals surface area contributed by atoms with Gasteiger partial charge in [0.2, 0.25) is 0 Å². The van der Waals surface area contributed by atoms with Crippen molar-refractivity contribution in [3.05, 3.63) is 11.8 Å². The predicted molar refractivity (Wildman–Crippen MR) is 45.2 cm³/mol. The van der Waals surface area contributed by atoms with Crippen molar-refractivity contribution in [1.82, 2.24) is 0 Å². The van der Waals surface area contributed by atoms with Crippen molar-refractivity contribution < 1.29 is 4.74 Å². The minimum Gasteiger partial charge on any atom is -0.492 e. The van der Waals surface area contributed by atoms with Crippen molar-refractivity contribution in [3.63, 3.8) is 0 Å². The predicted octanol–water partition coefficient (Wildman–Crippen LogP) is 2.87. The van der Waals surface area contributed by atoms with E-state index in [2.05, 4.69) is 19.9 Å². The van der Waals surface area contributed by atoms with Crippen LogP contribution in [0.15, 0.2) is 11.8 Å². The van der Waals surface area contributed by atoms with E-state index in [4.69, 9.17) is 4.74 Å². The zero-order chi connectivity index (χ0) is 7.90. The Kier molecular flexibility index (Phi) is 1.48. The molecular formula is C10H16O. The van der Waals surface area contributed by atoms with E-state index < -0.39 is 0 Å². The normalized spacial score (nSPS) is 34.0. The summed E-state index contributed by atoms with van der Waals surface area (Å²) in [4.78, 5) is 0. The second kappa shape index (κ2) is 2.26. The summed E-state index contributed by atoms with van der Waals surface area (Å²) in [5.41, 5.74) is 0.112. The quantitative estimate of drug-likeness (QED) is 0.518. The minimum absolute atomic E-state index is 0.112. The summed E-state index contributed by atoms with van der Waals surface area (Å²) in [7, 11) is 0. The fourth-order valence-electron chi connectivity index (χ4n) is 2.20. The molecule has 1 heterocycles. The van der Waals surface area contributed by atoms with E-state index in [1.165, 1.54) is 31.4 Å². The molecule has 1 heteroatoms. The second-order valence-corrected chi connectivity index (χ2v) is 4.30. The molecule has 0 saturated carbocycles. The molecule has 0 amide bonds. The number of rotatable bonds is 0. The number of ether oxygens (including phenoxy) is 1. The molecule has 62 valence electrons. The molecule has 11 heavy (non-hydrogen) atoms. The van der Waals surface area contributed by atoms with Crippen LogP contribution in [0.5, 0.6) is 0 Å². The number of hydrogen-bond acceptors (Lipinski definition) is 1. The summed E-state index contributed by atoms with van der Waals surface area (Å²) in [5, 5.41) is 0. The summed E-state index contributed by atoms with van der Waals surface area (Å²) in [6.45, 7) is 4.37. The summed E-state index contributed by atoms with van der Waals surface area (Å²) in [6.07, 6.45) is 7.42. The van der Waals surface area contributed by atoms with Gasteiger partial charge in [-0.2, -0.15) is 0 Å². The third kappa shape index (κ3) is 1.29. The Hall–Kier alpha value is -0.460. The molecule has 0 aromatic rings. The summed E-state index contributed by atoms with van der Waals surface area (Å²) in [6, 6.07) is 0. The lowest BCUT2D eigenvalue weighted by Gasteiger charge is -2.16. The molecule has 1 atom stereocenters. The van der Waals surface area contributed by atoms with Crippen LogP contribution in [-0.4, -0.2) is 5.60 Å². The van der Waals surface area contributed by atoms with Crippen LogP contribution in [0.3, 0.4) is 0 Å². The monoisotopic (exact) mass is 152 g/mol. The van der Waals surface area contributed by atoms with Gasteiger partial charge in [-0.25, -0.2) is 0 Å². The van der Waals surface area contributed by atoms with Crippen LogP contribution in [-0.2, 0) is 4.74 Å². The maximum Gasteiger partial charge on any atom is 0.104 e. The van der Waals surface area contributed by atoms with Gasteiger partial charge in [0.05, 0.1) is 5.76 Å². The summed E-state index contributed by atoms with van der Waals surface area (Å²) < 4.78 is 5.81. The standard InChI is InChI=1S/C10H16O/c1-10(2)7-8-5-3-4-6-9(8)11-10/h6,8H,3-5,7H2,1-2H3. The first-order chi connectivity index (χ1) is 5.17. The van der Waals surface area contributed by atoms with Crippen LogP contribution in [0.1, 0.15) is 39.5 Å². The van der Waals surface area contributed by atoms with E-state index in [0.29, 0.717) is 0 Å². The highest BCUT2D eigenvalue weighted by Gasteiger charge is 2.37. The maximum atomic E-state index is 5.81. The summed E-state index contributed by atoms with van der Waals surface area (Å²) in [5.74, 6) is 2.03. The number of hydrogen-bond donors (Lipinski definition) is 0. The first-order valence-corrected chi connectivity index (χ1v) is 4.56. The van der Waals surface area contributed by atoms with Crippen LogP contribution < -0.4 is 0 Å². The van der Waals surface area contributed by atoms with Crippen molar-refractivity contribution in [2.24, 2.45) is 5.92 Å². The maximum absolute atomic E-state index is 5.81. The molecule has 0 aromatic heterocycles. The molecule has 1 aliphatic heterocycles. The molecular weight excluding hydrogens is 136 g/mol. The van der Waals surface area contributed by atoms with Gasteiger partial charge < -0.3 is 4.74 Å². The number of allylic oxidation sites excluding steroid dienone is 2. The Morgan fingerprint density at radius 3 is 3.09 bits per heavy atom. The molecule has 1 saturated heterocycles. The van der Waals surface area contributed by atoms with Crippen LogP contribution in [0.4, 0.5) is 0 Å². The van der Waals surface area contributed by atoms with Crippen LogP contribution in [0.25, 0.3) is 0 Å². The molecule has 0 aromatic carbocycles. The minimum atomic E-state index is 0.112. The Labute approximate surface area is 68.4 Å². The first-order valence-electron chi connectivity index (χ1n) is 4.56. The third-order valence-corrected chi connectivity index (χ3v) is 2.64. The highest BCUT2D eigenvalue weighted by molar-refractivity contribution is 5.10. The lowest BCUT2D eigenvalue weighted by atomic mass is 9.89. The molecule has 0 bridgehead atoms. The molecule has 1 fully saturated rings. The Morgan fingerprint density at radius 1 is 1.55 bits per heavy atom. The van der Waals surface area contributed by atoms with E-state index in [1.54, 1.807) is 0 Å². The molecule has 0 N–H and O–H groups in total. The van der Waals surface area contributed by atoms with E-state index >= 15 is 0 Å². The molecule has 2 aliphatic rings. The zero-order valence-corrected chi connectivity index (χ0v) is 7.39. The van der Waals surface area contributed by atoms with Crippen LogP contribution >= 0.6 is 0 Å². The lowest BCUT2D eigenvalue weighted by Crippen LogP contribution is -2.16. The van der Waals surface area contributed by atoms with Gasteiger partial charge in [-0.05, 0) is 45.6 Å². The van der Waals surface area contributed by atoms with Gasteiger partial charge >= 0.3 is 0 Å². The van der Waals surface area contributed by atoms with Gasteiger partial charge in [0.1, 0.15) is 5.60 Å². The van der Waals surface area contributed by atoms with Crippen LogP contribution in [0.2, 0.25) is 0 Å². The Balaban J connectivity index is 2.17. The van der Waals surface area contributed by atoms with Gasteiger partial charge in [0, 0.05) is 5.92 Å². The van der Waals surface area contributed by atoms with Crippen molar-refractivity contribution in [3.8, 4) is 0 Å². The van der Waals surface area contributed by atoms with Crippen molar-refractivity contribution in [1.29, 1.82) is 0 Å². The SMILES string of the molecule is CC1(C)CC2CCCC=C2O1. The molecule has 1 aliphatic carbocycles. The lowest BCUT2D eigenvalue weighted by molar-refractivity contribution is 0.0758. The van der Waals surface area contributed by atoms with E-state index in [1.807, 2.05) is 0 Å². The average Bonchev–Trinajstić information content (AvgIpc) is 2.21. The topological polar surface area (TPSA) is 9.23 Å². The molecule has 0 spiro atoms. The van der Waals surface area contributed by atoms with Gasteiger partial charge in [-0.1, -0.05) is 0 Å². The van der Waals surface area contributed by atoms with Crippen LogP contribution in [0, 0.1) is 5.92 Å². The van der Waals surface area contributed by atoms with Gasteiger partial charge in [-0.15, -0.1) is 0 Å². The Morgan fingerprint density at radius 2 is 2.36 bits per heavy atom. The van der Waals surface area contributed by atoms with Gasteiger partial charge in [0.15, 0.2) is 0 Å². The zero-order valence-electron chi connectivity index (χ0n) is 7.39. The fourth-order valence-corrected chi connectivity index (χ4v) is 2.20. The smallest absolute Gasteiger partial charge is 0.104 e. The first kappa shape index (κ1) is 7.20. The van der Waals surface area contributed by atoms with E-state index in [9.17, 15) is 0 Å². The molecule has 2 rings (SSSR count). The summed E-state index contributed by atoms with van der Waals surface area (Å²) >= 11 is 0. The molecule has 1 nitrogen and oxygen atoms in total. The van der Waals surface area contributed by atoms with Gasteiger partial charge in [-0.3, -0.25) is 0 Å². The molecule has 0 radical (unpaired) electrons. The largest absolute Gasteiger partial charge is 0.492 e. The van der Waals surface area contributed by atoms with Crippen molar-refractivity contribution in [2.45, 2.75) is 45.1 Å².